The molecule has 2 saturated carbocycles. The molecule has 0 bridgehead atoms. The van der Waals surface area contributed by atoms with Crippen LogP contribution in [0.3, 0.4) is 0 Å². The molecule has 3 nitrogen and oxygen atoms in total. The molecule has 3 aliphatic rings. The van der Waals surface area contributed by atoms with Crippen LogP contribution in [0.4, 0.5) is 0 Å². The van der Waals surface area contributed by atoms with Gasteiger partial charge in [0.1, 0.15) is 5.78 Å². The molecule has 0 aromatic carbocycles. The van der Waals surface area contributed by atoms with Gasteiger partial charge in [-0.05, 0) is 32.1 Å². The molecular weight excluding hydrogens is 368 g/mol. The lowest BCUT2D eigenvalue weighted by Crippen LogP contribution is -2.70. The minimum Gasteiger partial charge on any atom is -0.393 e. The Morgan fingerprint density at radius 3 is 2.50 bits per heavy atom. The quantitative estimate of drug-likeness (QED) is 0.529. The summed E-state index contributed by atoms with van der Waals surface area (Å²) in [5, 5.41) is 11.1. The number of carbonyl (C=O) groups is 1. The maximum atomic E-state index is 13.2. The van der Waals surface area contributed by atoms with Crippen molar-refractivity contribution in [1.82, 2.24) is 0 Å². The second-order valence-electron chi connectivity index (χ2n) is 9.47. The van der Waals surface area contributed by atoms with Crippen LogP contribution in [0.5, 0.6) is 0 Å². The summed E-state index contributed by atoms with van der Waals surface area (Å²) in [6.45, 7) is 14.5. The van der Waals surface area contributed by atoms with Crippen LogP contribution < -0.4 is 0 Å². The van der Waals surface area contributed by atoms with Crippen LogP contribution in [0.15, 0.2) is 12.7 Å². The maximum absolute atomic E-state index is 13.2. The number of ketones is 1. The Balaban J connectivity index is 2.09. The number of aliphatic hydroxyl groups excluding tert-OH is 1. The lowest BCUT2D eigenvalue weighted by molar-refractivity contribution is -0.267. The first kappa shape index (κ1) is 18.6. The molecule has 1 N–H and O–H groups in total. The minimum atomic E-state index is -0.539. The van der Waals surface area contributed by atoms with E-state index in [2.05, 4.69) is 57.1 Å². The molecule has 0 unspecified atom stereocenters. The Labute approximate surface area is 154 Å². The van der Waals surface area contributed by atoms with E-state index in [4.69, 9.17) is 4.74 Å². The molecule has 0 aromatic heterocycles. The zero-order chi connectivity index (χ0) is 18.1. The predicted octanol–water partition coefficient (Wildman–Crippen LogP) is 4.27. The molecular formula is C20H31BrO3. The highest BCUT2D eigenvalue weighted by molar-refractivity contribution is 9.09. The lowest BCUT2D eigenvalue weighted by atomic mass is 9.43. The summed E-state index contributed by atoms with van der Waals surface area (Å²) in [4.78, 5) is 13.3. The van der Waals surface area contributed by atoms with Crippen molar-refractivity contribution >= 4 is 21.7 Å². The summed E-state index contributed by atoms with van der Waals surface area (Å²) in [5.41, 5.74) is -1.54. The van der Waals surface area contributed by atoms with Crippen molar-refractivity contribution in [3.05, 3.63) is 12.7 Å². The molecule has 1 aliphatic heterocycles. The number of carbonyl (C=O) groups excluding carboxylic acids is 1. The molecule has 1 heterocycles. The molecule has 0 radical (unpaired) electrons. The number of Topliss-reactive ketones (excluding diaryl/α,β-unsaturated/α-hetero) is 1. The fourth-order valence-corrected chi connectivity index (χ4v) is 6.86. The van der Waals surface area contributed by atoms with Crippen molar-refractivity contribution in [1.29, 1.82) is 0 Å². The SMILES string of the molecule is C=C[C@@]1(C)CC[C@H]2[C@]3(C)C(=O)C[C@@H](Br)C(C)(C)[C@H]3[C@@H](O)C[C@]2(C)O1. The van der Waals surface area contributed by atoms with Gasteiger partial charge in [-0.1, -0.05) is 42.8 Å². The third-order valence-electron chi connectivity index (χ3n) is 7.51. The summed E-state index contributed by atoms with van der Waals surface area (Å²) < 4.78 is 6.50. The number of alkyl halides is 1. The molecule has 136 valence electrons. The van der Waals surface area contributed by atoms with Crippen LogP contribution >= 0.6 is 15.9 Å². The minimum absolute atomic E-state index is 0.0506. The van der Waals surface area contributed by atoms with Crippen molar-refractivity contribution in [2.75, 3.05) is 0 Å². The highest BCUT2D eigenvalue weighted by Crippen LogP contribution is 2.65. The van der Waals surface area contributed by atoms with E-state index < -0.39 is 17.1 Å². The predicted molar refractivity (Wildman–Crippen MR) is 99.2 cm³/mol. The number of fused-ring (bicyclic) bond motifs is 3. The maximum Gasteiger partial charge on any atom is 0.140 e. The summed E-state index contributed by atoms with van der Waals surface area (Å²) in [6, 6.07) is 0. The number of hydrogen-bond acceptors (Lipinski definition) is 3. The van der Waals surface area contributed by atoms with Crippen LogP contribution in [0, 0.1) is 22.7 Å². The number of ether oxygens (including phenoxy) is 1. The van der Waals surface area contributed by atoms with E-state index in [0.717, 1.165) is 12.8 Å². The van der Waals surface area contributed by atoms with Gasteiger partial charge in [0.05, 0.1) is 17.3 Å². The summed E-state index contributed by atoms with van der Waals surface area (Å²) in [7, 11) is 0. The first-order chi connectivity index (χ1) is 10.9. The van der Waals surface area contributed by atoms with Gasteiger partial charge in [0.2, 0.25) is 0 Å². The largest absolute Gasteiger partial charge is 0.393 e. The van der Waals surface area contributed by atoms with Gasteiger partial charge in [-0.2, -0.15) is 0 Å². The number of hydrogen-bond donors (Lipinski definition) is 1. The van der Waals surface area contributed by atoms with Crippen LogP contribution in [0.1, 0.15) is 60.3 Å². The van der Waals surface area contributed by atoms with Crippen LogP contribution in [0.25, 0.3) is 0 Å². The molecule has 24 heavy (non-hydrogen) atoms. The van der Waals surface area contributed by atoms with Crippen LogP contribution in [-0.2, 0) is 9.53 Å². The zero-order valence-electron chi connectivity index (χ0n) is 15.6. The van der Waals surface area contributed by atoms with Crippen LogP contribution in [-0.4, -0.2) is 33.0 Å². The zero-order valence-corrected chi connectivity index (χ0v) is 17.1. The van der Waals surface area contributed by atoms with Crippen molar-refractivity contribution in [3.63, 3.8) is 0 Å². The van der Waals surface area contributed by atoms with E-state index in [1.54, 1.807) is 0 Å². The summed E-state index contributed by atoms with van der Waals surface area (Å²) in [6.07, 6.45) is 4.25. The van der Waals surface area contributed by atoms with E-state index >= 15 is 0 Å². The van der Waals surface area contributed by atoms with Crippen molar-refractivity contribution in [3.8, 4) is 0 Å². The Morgan fingerprint density at radius 1 is 1.29 bits per heavy atom. The Hall–Kier alpha value is -0.190. The second-order valence-corrected chi connectivity index (χ2v) is 10.6. The summed E-state index contributed by atoms with van der Waals surface area (Å²) in [5.74, 6) is 0.359. The Kier molecular flexibility index (Phi) is 4.19. The molecule has 4 heteroatoms. The highest BCUT2D eigenvalue weighted by atomic mass is 79.9. The third-order valence-corrected chi connectivity index (χ3v) is 9.01. The fourth-order valence-electron chi connectivity index (χ4n) is 6.28. The molecule has 0 spiro atoms. The van der Waals surface area contributed by atoms with Crippen LogP contribution in [0.2, 0.25) is 0 Å². The molecule has 3 fully saturated rings. The van der Waals surface area contributed by atoms with Gasteiger partial charge in [0.15, 0.2) is 0 Å². The van der Waals surface area contributed by atoms with Gasteiger partial charge >= 0.3 is 0 Å². The van der Waals surface area contributed by atoms with Gasteiger partial charge in [-0.25, -0.2) is 0 Å². The number of rotatable bonds is 1. The standard InChI is InChI=1S/C20H31BrO3/c1-7-18(4)9-8-13-19(5,24-18)11-12(22)16-17(2,3)14(21)10-15(23)20(13,16)6/h7,12-14,16,22H,1,8-11H2,2-6H3/t12-,13+,14+,16+,18-,19-,20+/m0/s1. The molecule has 7 atom stereocenters. The molecule has 1 saturated heterocycles. The lowest BCUT2D eigenvalue weighted by Gasteiger charge is -2.66. The Bertz CT molecular complexity index is 573. The average molecular weight is 399 g/mol. The van der Waals surface area contributed by atoms with Gasteiger partial charge in [-0.15, -0.1) is 6.58 Å². The highest BCUT2D eigenvalue weighted by Gasteiger charge is 2.68. The fraction of sp³-hybridized carbons (Fsp3) is 0.850. The second kappa shape index (κ2) is 5.40. The average Bonchev–Trinajstić information content (AvgIpc) is 2.43. The van der Waals surface area contributed by atoms with E-state index in [0.29, 0.717) is 12.8 Å². The number of halogens is 1. The van der Waals surface area contributed by atoms with E-state index in [1.165, 1.54) is 0 Å². The monoisotopic (exact) mass is 398 g/mol. The molecule has 2 aliphatic carbocycles. The summed E-state index contributed by atoms with van der Waals surface area (Å²) >= 11 is 3.72. The molecule has 0 amide bonds. The number of aliphatic hydroxyl groups is 1. The van der Waals surface area contributed by atoms with E-state index in [1.807, 2.05) is 6.08 Å². The van der Waals surface area contributed by atoms with Gasteiger partial charge in [0.25, 0.3) is 0 Å². The van der Waals surface area contributed by atoms with Crippen molar-refractivity contribution in [2.24, 2.45) is 22.7 Å². The van der Waals surface area contributed by atoms with E-state index in [-0.39, 0.29) is 33.5 Å². The van der Waals surface area contributed by atoms with Gasteiger partial charge in [0, 0.05) is 34.9 Å². The normalized spacial score (nSPS) is 53.9. The smallest absolute Gasteiger partial charge is 0.140 e. The topological polar surface area (TPSA) is 46.5 Å². The molecule has 0 aromatic rings. The first-order valence-electron chi connectivity index (χ1n) is 9.10. The Morgan fingerprint density at radius 2 is 1.92 bits per heavy atom. The van der Waals surface area contributed by atoms with Gasteiger partial charge in [-0.3, -0.25) is 4.79 Å². The third kappa shape index (κ3) is 2.32. The van der Waals surface area contributed by atoms with Crippen molar-refractivity contribution in [2.45, 2.75) is 82.4 Å². The van der Waals surface area contributed by atoms with Gasteiger partial charge < -0.3 is 9.84 Å². The van der Waals surface area contributed by atoms with E-state index in [9.17, 15) is 9.90 Å². The first-order valence-corrected chi connectivity index (χ1v) is 10.0. The van der Waals surface area contributed by atoms with Crippen molar-refractivity contribution < 1.29 is 14.6 Å². The molecule has 3 rings (SSSR count).